The zero-order valence-corrected chi connectivity index (χ0v) is 11.1. The fraction of sp³-hybridized carbons (Fsp3) is 0.308. The topological polar surface area (TPSA) is 110 Å². The number of ketones is 1. The Bertz CT molecular complexity index is 503. The largest absolute Gasteiger partial charge is 0.480 e. The quantitative estimate of drug-likeness (QED) is 0.475. The lowest BCUT2D eigenvalue weighted by atomic mass is 10.1. The summed E-state index contributed by atoms with van der Waals surface area (Å²) in [6.07, 6.45) is -2.19. The van der Waals surface area contributed by atoms with Gasteiger partial charge in [0.05, 0.1) is 0 Å². The van der Waals surface area contributed by atoms with Crippen molar-refractivity contribution in [3.63, 3.8) is 0 Å². The number of nitrogens with two attached hydrogens (primary N) is 1. The van der Waals surface area contributed by atoms with Crippen LogP contribution in [0.3, 0.4) is 0 Å². The number of amides is 1. The normalized spacial score (nSPS) is 13.2. The third-order valence-corrected chi connectivity index (χ3v) is 2.68. The van der Waals surface area contributed by atoms with Gasteiger partial charge in [-0.3, -0.25) is 4.79 Å². The molecule has 1 aromatic carbocycles. The molecule has 0 aromatic heterocycles. The number of carbonyl (C=O) groups is 3. The SMILES string of the molecule is CC(=O)C(OC(=O)N(N)C(C)C(=O)O)c1ccccc1. The first-order chi connectivity index (χ1) is 9.34. The van der Waals surface area contributed by atoms with Gasteiger partial charge in [-0.05, 0) is 13.8 Å². The molecule has 1 aromatic rings. The van der Waals surface area contributed by atoms with Gasteiger partial charge in [0.2, 0.25) is 0 Å². The van der Waals surface area contributed by atoms with Crippen molar-refractivity contribution in [2.24, 2.45) is 5.84 Å². The second kappa shape index (κ2) is 6.67. The summed E-state index contributed by atoms with van der Waals surface area (Å²) in [4.78, 5) is 34.0. The summed E-state index contributed by atoms with van der Waals surface area (Å²) in [6, 6.07) is 7.13. The highest BCUT2D eigenvalue weighted by atomic mass is 16.6. The van der Waals surface area contributed by atoms with Crippen molar-refractivity contribution >= 4 is 17.8 Å². The second-order valence-corrected chi connectivity index (χ2v) is 4.21. The molecule has 1 rings (SSSR count). The van der Waals surface area contributed by atoms with Crippen molar-refractivity contribution in [3.8, 4) is 0 Å². The lowest BCUT2D eigenvalue weighted by Crippen LogP contribution is -2.48. The number of carboxylic acids is 1. The number of aliphatic carboxylic acids is 1. The lowest BCUT2D eigenvalue weighted by molar-refractivity contribution is -0.142. The Morgan fingerprint density at radius 3 is 2.25 bits per heavy atom. The van der Waals surface area contributed by atoms with Crippen molar-refractivity contribution < 1.29 is 24.2 Å². The van der Waals surface area contributed by atoms with Crippen LogP contribution in [0.15, 0.2) is 30.3 Å². The Morgan fingerprint density at radius 2 is 1.80 bits per heavy atom. The summed E-state index contributed by atoms with van der Waals surface area (Å²) >= 11 is 0. The molecule has 0 bridgehead atoms. The molecule has 0 saturated carbocycles. The van der Waals surface area contributed by atoms with Crippen LogP contribution in [0.1, 0.15) is 25.5 Å². The molecule has 0 saturated heterocycles. The Balaban J connectivity index is 2.85. The number of carboxylic acid groups (broad SMARTS) is 1. The van der Waals surface area contributed by atoms with Crippen LogP contribution in [0.2, 0.25) is 0 Å². The molecule has 3 N–H and O–H groups in total. The van der Waals surface area contributed by atoms with E-state index in [1.807, 2.05) is 0 Å². The number of ether oxygens (including phenoxy) is 1. The third-order valence-electron chi connectivity index (χ3n) is 2.68. The summed E-state index contributed by atoms with van der Waals surface area (Å²) in [5.41, 5.74) is 0.490. The fourth-order valence-electron chi connectivity index (χ4n) is 1.45. The van der Waals surface area contributed by atoms with E-state index >= 15 is 0 Å². The molecule has 0 aliphatic heterocycles. The molecule has 1 amide bonds. The van der Waals surface area contributed by atoms with Gasteiger partial charge in [0, 0.05) is 5.56 Å². The van der Waals surface area contributed by atoms with Crippen LogP contribution in [0.25, 0.3) is 0 Å². The molecule has 0 spiro atoms. The number of benzene rings is 1. The summed E-state index contributed by atoms with van der Waals surface area (Å²) in [7, 11) is 0. The average molecular weight is 280 g/mol. The number of hydrogen-bond donors (Lipinski definition) is 2. The molecule has 0 aliphatic rings. The average Bonchev–Trinajstić information content (AvgIpc) is 2.43. The van der Waals surface area contributed by atoms with Crippen LogP contribution in [-0.4, -0.2) is 34.0 Å². The standard InChI is InChI=1S/C13H16N2O5/c1-8(12(17)18)15(14)13(19)20-11(9(2)16)10-6-4-3-5-7-10/h3-8,11H,14H2,1-2H3,(H,17,18). The zero-order chi connectivity index (χ0) is 15.3. The minimum absolute atomic E-state index is 0.388. The molecule has 0 heterocycles. The van der Waals surface area contributed by atoms with Crippen LogP contribution in [-0.2, 0) is 14.3 Å². The summed E-state index contributed by atoms with van der Waals surface area (Å²) in [5, 5.41) is 9.20. The van der Waals surface area contributed by atoms with Crippen LogP contribution in [0.4, 0.5) is 4.79 Å². The van der Waals surface area contributed by atoms with Gasteiger partial charge in [-0.15, -0.1) is 0 Å². The number of carbonyl (C=O) groups excluding carboxylic acids is 2. The van der Waals surface area contributed by atoms with Gasteiger partial charge < -0.3 is 9.84 Å². The highest BCUT2D eigenvalue weighted by Crippen LogP contribution is 2.19. The van der Waals surface area contributed by atoms with E-state index < -0.39 is 24.2 Å². The first-order valence-electron chi connectivity index (χ1n) is 5.87. The molecule has 0 radical (unpaired) electrons. The van der Waals surface area contributed by atoms with Crippen molar-refractivity contribution in [1.29, 1.82) is 0 Å². The zero-order valence-electron chi connectivity index (χ0n) is 11.1. The molecular weight excluding hydrogens is 264 g/mol. The second-order valence-electron chi connectivity index (χ2n) is 4.21. The maximum Gasteiger partial charge on any atom is 0.425 e. The lowest BCUT2D eigenvalue weighted by Gasteiger charge is -2.23. The van der Waals surface area contributed by atoms with Crippen molar-refractivity contribution in [2.45, 2.75) is 26.0 Å². The minimum Gasteiger partial charge on any atom is -0.480 e. The Kier molecular flexibility index (Phi) is 5.22. The van der Waals surface area contributed by atoms with Crippen LogP contribution < -0.4 is 5.84 Å². The van der Waals surface area contributed by atoms with Crippen molar-refractivity contribution in [1.82, 2.24) is 5.01 Å². The van der Waals surface area contributed by atoms with Gasteiger partial charge in [-0.2, -0.15) is 0 Å². The Labute approximate surface area is 115 Å². The highest BCUT2D eigenvalue weighted by molar-refractivity contribution is 5.85. The van der Waals surface area contributed by atoms with Crippen molar-refractivity contribution in [2.75, 3.05) is 0 Å². The molecule has 7 nitrogen and oxygen atoms in total. The monoisotopic (exact) mass is 280 g/mol. The van der Waals surface area contributed by atoms with Crippen LogP contribution in [0, 0.1) is 0 Å². The number of hydrazine groups is 1. The molecule has 2 unspecified atom stereocenters. The van der Waals surface area contributed by atoms with E-state index in [1.54, 1.807) is 30.3 Å². The minimum atomic E-state index is -1.27. The maximum absolute atomic E-state index is 11.7. The summed E-state index contributed by atoms with van der Waals surface area (Å²) < 4.78 is 4.98. The molecule has 0 fully saturated rings. The molecule has 7 heteroatoms. The Morgan fingerprint density at radius 1 is 1.25 bits per heavy atom. The van der Waals surface area contributed by atoms with Gasteiger partial charge in [-0.25, -0.2) is 20.4 Å². The molecule has 20 heavy (non-hydrogen) atoms. The van der Waals surface area contributed by atoms with Gasteiger partial charge in [0.15, 0.2) is 11.9 Å². The Hall–Kier alpha value is -2.41. The van der Waals surface area contributed by atoms with E-state index in [9.17, 15) is 14.4 Å². The highest BCUT2D eigenvalue weighted by Gasteiger charge is 2.28. The van der Waals surface area contributed by atoms with E-state index in [0.29, 0.717) is 10.6 Å². The first kappa shape index (κ1) is 15.6. The van der Waals surface area contributed by atoms with E-state index in [4.69, 9.17) is 15.7 Å². The van der Waals surface area contributed by atoms with Crippen molar-refractivity contribution in [3.05, 3.63) is 35.9 Å². The number of hydrogen-bond acceptors (Lipinski definition) is 5. The third kappa shape index (κ3) is 3.79. The van der Waals surface area contributed by atoms with Gasteiger partial charge in [-0.1, -0.05) is 30.3 Å². The summed E-state index contributed by atoms with van der Waals surface area (Å²) in [6.45, 7) is 2.50. The smallest absolute Gasteiger partial charge is 0.425 e. The van der Waals surface area contributed by atoms with E-state index in [0.717, 1.165) is 0 Å². The first-order valence-corrected chi connectivity index (χ1v) is 5.87. The molecule has 108 valence electrons. The van der Waals surface area contributed by atoms with Gasteiger partial charge >= 0.3 is 12.1 Å². The fourth-order valence-corrected chi connectivity index (χ4v) is 1.45. The van der Waals surface area contributed by atoms with E-state index in [-0.39, 0.29) is 5.78 Å². The summed E-state index contributed by atoms with van der Waals surface area (Å²) in [5.74, 6) is 3.69. The van der Waals surface area contributed by atoms with Gasteiger partial charge in [0.1, 0.15) is 6.04 Å². The molecule has 2 atom stereocenters. The van der Waals surface area contributed by atoms with Gasteiger partial charge in [0.25, 0.3) is 0 Å². The number of Topliss-reactive ketones (excluding diaryl/α,β-unsaturated/α-hetero) is 1. The van der Waals surface area contributed by atoms with E-state index in [2.05, 4.69) is 0 Å². The van der Waals surface area contributed by atoms with Crippen LogP contribution in [0.5, 0.6) is 0 Å². The van der Waals surface area contributed by atoms with E-state index in [1.165, 1.54) is 13.8 Å². The molecular formula is C13H16N2O5. The predicted molar refractivity (Wildman–Crippen MR) is 69.5 cm³/mol. The van der Waals surface area contributed by atoms with Crippen LogP contribution >= 0.6 is 0 Å². The number of rotatable bonds is 5. The maximum atomic E-state index is 11.7. The molecule has 0 aliphatic carbocycles. The predicted octanol–water partition coefficient (Wildman–Crippen LogP) is 1.10. The number of nitrogens with zero attached hydrogens (tertiary/aromatic N) is 1.